The van der Waals surface area contributed by atoms with Crippen molar-refractivity contribution in [3.63, 3.8) is 0 Å². The lowest BCUT2D eigenvalue weighted by atomic mass is 10.0. The van der Waals surface area contributed by atoms with E-state index >= 15 is 0 Å². The van der Waals surface area contributed by atoms with Crippen LogP contribution < -0.4 is 20.1 Å². The molecule has 30 heavy (non-hydrogen) atoms. The van der Waals surface area contributed by atoms with Crippen molar-refractivity contribution in [2.24, 2.45) is 4.99 Å². The van der Waals surface area contributed by atoms with Gasteiger partial charge in [0.25, 0.3) is 0 Å². The van der Waals surface area contributed by atoms with Gasteiger partial charge < -0.3 is 20.1 Å². The van der Waals surface area contributed by atoms with Gasteiger partial charge in [-0.15, -0.1) is 13.2 Å². The van der Waals surface area contributed by atoms with Crippen molar-refractivity contribution < 1.29 is 32.2 Å². The highest BCUT2D eigenvalue weighted by molar-refractivity contribution is 5.89. The molecule has 2 N–H and O–H groups in total. The molecule has 0 saturated heterocycles. The number of hydrogen-bond acceptors (Lipinski definition) is 5. The van der Waals surface area contributed by atoms with Crippen LogP contribution in [0.15, 0.2) is 34.7 Å². The van der Waals surface area contributed by atoms with E-state index in [1.54, 1.807) is 13.1 Å². The van der Waals surface area contributed by atoms with Crippen LogP contribution in [-0.4, -0.2) is 43.1 Å². The first-order valence-corrected chi connectivity index (χ1v) is 9.29. The van der Waals surface area contributed by atoms with Crippen LogP contribution >= 0.6 is 0 Å². The first-order valence-electron chi connectivity index (χ1n) is 9.29. The number of urea groups is 1. The number of halogens is 3. The number of nitrogens with zero attached hydrogens (tertiary/aromatic N) is 2. The average Bonchev–Trinajstić information content (AvgIpc) is 2.70. The normalized spacial score (nSPS) is 17.2. The van der Waals surface area contributed by atoms with Gasteiger partial charge in [-0.1, -0.05) is 6.92 Å². The van der Waals surface area contributed by atoms with Crippen LogP contribution in [-0.2, 0) is 4.79 Å². The van der Waals surface area contributed by atoms with Crippen molar-refractivity contribution in [2.45, 2.75) is 38.6 Å². The first kappa shape index (κ1) is 21.5. The molecule has 0 aromatic heterocycles. The van der Waals surface area contributed by atoms with Gasteiger partial charge in [0.15, 0.2) is 5.82 Å². The summed E-state index contributed by atoms with van der Waals surface area (Å²) >= 11 is 0. The number of amides is 3. The molecule has 0 fully saturated rings. The Labute approximate surface area is 170 Å². The molecule has 3 amide bonds. The third-order valence-electron chi connectivity index (χ3n) is 4.62. The van der Waals surface area contributed by atoms with Crippen LogP contribution in [0.3, 0.4) is 0 Å². The van der Waals surface area contributed by atoms with Crippen LogP contribution in [0.1, 0.15) is 37.8 Å². The summed E-state index contributed by atoms with van der Waals surface area (Å²) in [5.41, 5.74) is 1.06. The summed E-state index contributed by atoms with van der Waals surface area (Å²) in [7, 11) is 1.31. The largest absolute Gasteiger partial charge is 0.573 e. The SMILES string of the molecule is CCC(NC(=O)N1CC(=O)NC2=C1N=CCC2)c1ccc(OC(F)(F)F)cc1OC. The summed E-state index contributed by atoms with van der Waals surface area (Å²) < 4.78 is 46.5. The van der Waals surface area contributed by atoms with Gasteiger partial charge in [0.05, 0.1) is 18.8 Å². The standard InChI is InChI=1S/C19H21F3N4O4/c1-3-13(12-7-6-11(9-15(12)29-2)30-19(20,21)22)25-18(28)26-10-16(27)24-14-5-4-8-23-17(14)26/h6-9,13H,3-5,10H2,1-2H3,(H,24,27)(H,25,28). The Morgan fingerprint density at radius 2 is 2.17 bits per heavy atom. The van der Waals surface area contributed by atoms with E-state index in [-0.39, 0.29) is 18.2 Å². The third kappa shape index (κ3) is 4.84. The molecular formula is C19H21F3N4O4. The van der Waals surface area contributed by atoms with Gasteiger partial charge in [-0.3, -0.25) is 9.69 Å². The molecule has 162 valence electrons. The molecule has 1 unspecified atom stereocenters. The van der Waals surface area contributed by atoms with Crippen molar-refractivity contribution in [1.82, 2.24) is 15.5 Å². The van der Waals surface area contributed by atoms with Crippen molar-refractivity contribution in [3.05, 3.63) is 35.3 Å². The molecule has 1 aromatic rings. The van der Waals surface area contributed by atoms with E-state index in [4.69, 9.17) is 4.74 Å². The number of hydrogen-bond donors (Lipinski definition) is 2. The second-order valence-electron chi connectivity index (χ2n) is 6.65. The molecule has 8 nitrogen and oxygen atoms in total. The fourth-order valence-electron chi connectivity index (χ4n) is 3.30. The molecule has 0 spiro atoms. The van der Waals surface area contributed by atoms with Gasteiger partial charge >= 0.3 is 12.4 Å². The van der Waals surface area contributed by atoms with Gasteiger partial charge in [-0.05, 0) is 31.4 Å². The summed E-state index contributed by atoms with van der Waals surface area (Å²) in [6, 6.07) is 2.55. The maximum atomic E-state index is 12.9. The number of benzene rings is 1. The van der Waals surface area contributed by atoms with E-state index < -0.39 is 24.2 Å². The number of carbonyl (C=O) groups excluding carboxylic acids is 2. The monoisotopic (exact) mass is 426 g/mol. The highest BCUT2D eigenvalue weighted by Crippen LogP contribution is 2.33. The lowest BCUT2D eigenvalue weighted by Crippen LogP contribution is -2.50. The molecule has 0 radical (unpaired) electrons. The molecule has 11 heteroatoms. The van der Waals surface area contributed by atoms with Crippen LogP contribution in [0.2, 0.25) is 0 Å². The Hall–Kier alpha value is -3.24. The predicted molar refractivity (Wildman–Crippen MR) is 101 cm³/mol. The van der Waals surface area contributed by atoms with Crippen LogP contribution in [0, 0.1) is 0 Å². The lowest BCUT2D eigenvalue weighted by molar-refractivity contribution is -0.274. The highest BCUT2D eigenvalue weighted by atomic mass is 19.4. The molecule has 1 atom stereocenters. The van der Waals surface area contributed by atoms with Crippen LogP contribution in [0.25, 0.3) is 0 Å². The Morgan fingerprint density at radius 1 is 1.40 bits per heavy atom. The molecular weight excluding hydrogens is 405 g/mol. The third-order valence-corrected chi connectivity index (χ3v) is 4.62. The Kier molecular flexibility index (Phi) is 6.18. The zero-order valence-electron chi connectivity index (χ0n) is 16.4. The quantitative estimate of drug-likeness (QED) is 0.756. The van der Waals surface area contributed by atoms with Crippen molar-refractivity contribution in [1.29, 1.82) is 0 Å². The Bertz CT molecular complexity index is 898. The summed E-state index contributed by atoms with van der Waals surface area (Å²) in [6.07, 6.45) is -1.49. The molecule has 3 rings (SSSR count). The fraction of sp³-hybridized carbons (Fsp3) is 0.421. The molecule has 2 aliphatic rings. The summed E-state index contributed by atoms with van der Waals surface area (Å²) in [5, 5.41) is 5.53. The molecule has 1 aromatic carbocycles. The number of carbonyl (C=O) groups is 2. The summed E-state index contributed by atoms with van der Waals surface area (Å²) in [6.45, 7) is 1.62. The van der Waals surface area contributed by atoms with Gasteiger partial charge in [0.2, 0.25) is 5.91 Å². The van der Waals surface area contributed by atoms with Gasteiger partial charge in [0.1, 0.15) is 18.0 Å². The Morgan fingerprint density at radius 3 is 2.83 bits per heavy atom. The maximum absolute atomic E-state index is 12.9. The van der Waals surface area contributed by atoms with Crippen LogP contribution in [0.4, 0.5) is 18.0 Å². The van der Waals surface area contributed by atoms with Gasteiger partial charge in [-0.2, -0.15) is 0 Å². The van der Waals surface area contributed by atoms with Crippen molar-refractivity contribution in [2.75, 3.05) is 13.7 Å². The zero-order chi connectivity index (χ0) is 21.9. The lowest BCUT2D eigenvalue weighted by Gasteiger charge is -2.32. The van der Waals surface area contributed by atoms with E-state index in [1.807, 2.05) is 0 Å². The molecule has 2 aliphatic heterocycles. The van der Waals surface area contributed by atoms with Crippen molar-refractivity contribution in [3.8, 4) is 11.5 Å². The molecule has 0 bridgehead atoms. The minimum absolute atomic E-state index is 0.135. The molecule has 0 aliphatic carbocycles. The van der Waals surface area contributed by atoms with Crippen LogP contribution in [0.5, 0.6) is 11.5 Å². The first-order chi connectivity index (χ1) is 14.2. The van der Waals surface area contributed by atoms with E-state index in [2.05, 4.69) is 20.4 Å². The highest BCUT2D eigenvalue weighted by Gasteiger charge is 2.33. The van der Waals surface area contributed by atoms with E-state index in [0.717, 1.165) is 12.1 Å². The fourth-order valence-corrected chi connectivity index (χ4v) is 3.30. The number of allylic oxidation sites excluding steroid dienone is 1. The summed E-state index contributed by atoms with van der Waals surface area (Å²) in [5.74, 6) is -0.228. The number of nitrogens with one attached hydrogen (secondary N) is 2. The smallest absolute Gasteiger partial charge is 0.496 e. The second-order valence-corrected chi connectivity index (χ2v) is 6.65. The number of aliphatic imine (C=N–C) groups is 1. The average molecular weight is 426 g/mol. The van der Waals surface area contributed by atoms with E-state index in [0.29, 0.717) is 36.3 Å². The number of alkyl halides is 3. The predicted octanol–water partition coefficient (Wildman–Crippen LogP) is 3.22. The minimum atomic E-state index is -4.83. The van der Waals surface area contributed by atoms with E-state index in [1.165, 1.54) is 18.1 Å². The number of methoxy groups -OCH3 is 1. The van der Waals surface area contributed by atoms with Gasteiger partial charge in [-0.25, -0.2) is 9.79 Å². The van der Waals surface area contributed by atoms with E-state index in [9.17, 15) is 22.8 Å². The second kappa shape index (κ2) is 8.64. The minimum Gasteiger partial charge on any atom is -0.496 e. The number of ether oxygens (including phenoxy) is 2. The zero-order valence-corrected chi connectivity index (χ0v) is 16.4. The molecule has 0 saturated carbocycles. The number of rotatable bonds is 5. The van der Waals surface area contributed by atoms with Crippen molar-refractivity contribution >= 4 is 18.2 Å². The van der Waals surface area contributed by atoms with Gasteiger partial charge in [0, 0.05) is 17.8 Å². The molecule has 2 heterocycles. The topological polar surface area (TPSA) is 92.3 Å². The summed E-state index contributed by atoms with van der Waals surface area (Å²) in [4.78, 5) is 30.4. The Balaban J connectivity index is 1.82. The maximum Gasteiger partial charge on any atom is 0.573 e.